The molecule has 2 saturated heterocycles. The molecule has 7 nitrogen and oxygen atoms in total. The van der Waals surface area contributed by atoms with Gasteiger partial charge in [0.25, 0.3) is 0 Å². The number of carbonyl (C=O) groups excluding carboxylic acids is 1. The number of aromatic nitrogens is 2. The average Bonchev–Trinajstić information content (AvgIpc) is 2.93. The molecule has 0 saturated carbocycles. The predicted octanol–water partition coefficient (Wildman–Crippen LogP) is 3.41. The van der Waals surface area contributed by atoms with E-state index in [0.29, 0.717) is 32.2 Å². The number of likely N-dealkylation sites (tertiary alicyclic amines) is 1. The normalized spacial score (nSPS) is 22.0. The first-order valence-electron chi connectivity index (χ1n) is 10.4. The van der Waals surface area contributed by atoms with Gasteiger partial charge in [-0.25, -0.2) is 14.8 Å². The number of carbonyl (C=O) groups is 1. The van der Waals surface area contributed by atoms with Crippen molar-refractivity contribution >= 4 is 12.0 Å². The summed E-state index contributed by atoms with van der Waals surface area (Å²) in [5, 5.41) is 0. The number of amides is 1. The lowest BCUT2D eigenvalue weighted by Crippen LogP contribution is -2.51. The van der Waals surface area contributed by atoms with Crippen LogP contribution in [-0.4, -0.2) is 76.8 Å². The van der Waals surface area contributed by atoms with E-state index in [-0.39, 0.29) is 12.0 Å². The van der Waals surface area contributed by atoms with Crippen LogP contribution < -0.4 is 4.90 Å². The van der Waals surface area contributed by atoms with Gasteiger partial charge in [0, 0.05) is 51.5 Å². The van der Waals surface area contributed by atoms with Gasteiger partial charge >= 0.3 is 12.3 Å². The molecule has 0 bridgehead atoms. The third kappa shape index (κ3) is 5.96. The third-order valence-electron chi connectivity index (χ3n) is 5.40. The van der Waals surface area contributed by atoms with Crippen molar-refractivity contribution in [1.29, 1.82) is 0 Å². The van der Waals surface area contributed by atoms with Crippen molar-refractivity contribution in [3.8, 4) is 0 Å². The average molecular weight is 429 g/mol. The molecular formula is C20H30F3N5O2. The van der Waals surface area contributed by atoms with E-state index in [2.05, 4.69) is 14.9 Å². The van der Waals surface area contributed by atoms with E-state index in [4.69, 9.17) is 4.74 Å². The van der Waals surface area contributed by atoms with Crippen LogP contribution in [0, 0.1) is 0 Å². The molecule has 1 aromatic heterocycles. The Morgan fingerprint density at radius 3 is 2.40 bits per heavy atom. The van der Waals surface area contributed by atoms with Crippen molar-refractivity contribution in [2.45, 2.75) is 57.9 Å². The highest BCUT2D eigenvalue weighted by Crippen LogP contribution is 2.28. The Kier molecular flexibility index (Phi) is 6.74. The van der Waals surface area contributed by atoms with Gasteiger partial charge in [0.05, 0.1) is 0 Å². The molecule has 30 heavy (non-hydrogen) atoms. The zero-order valence-electron chi connectivity index (χ0n) is 17.8. The minimum atomic E-state index is -4.47. The Morgan fingerprint density at radius 1 is 1.07 bits per heavy atom. The quantitative estimate of drug-likeness (QED) is 0.718. The van der Waals surface area contributed by atoms with Crippen molar-refractivity contribution in [3.63, 3.8) is 0 Å². The molecule has 2 aliphatic rings. The zero-order valence-corrected chi connectivity index (χ0v) is 17.8. The van der Waals surface area contributed by atoms with Gasteiger partial charge in [0.2, 0.25) is 5.95 Å². The first-order valence-corrected chi connectivity index (χ1v) is 10.4. The molecule has 2 aliphatic heterocycles. The highest BCUT2D eigenvalue weighted by atomic mass is 19.4. The van der Waals surface area contributed by atoms with Crippen LogP contribution >= 0.6 is 0 Å². The van der Waals surface area contributed by atoms with Crippen LogP contribution in [0.1, 0.15) is 45.7 Å². The predicted molar refractivity (Wildman–Crippen MR) is 106 cm³/mol. The van der Waals surface area contributed by atoms with Crippen LogP contribution in [0.25, 0.3) is 0 Å². The summed E-state index contributed by atoms with van der Waals surface area (Å²) in [6.07, 6.45) is -0.831. The molecule has 0 aliphatic carbocycles. The van der Waals surface area contributed by atoms with Gasteiger partial charge in [0.1, 0.15) is 11.3 Å². The molecule has 0 N–H and O–H groups in total. The number of halogens is 3. The summed E-state index contributed by atoms with van der Waals surface area (Å²) in [7, 11) is 0. The number of hydrogen-bond acceptors (Lipinski definition) is 6. The van der Waals surface area contributed by atoms with Crippen LogP contribution in [0.5, 0.6) is 0 Å². The molecule has 168 valence electrons. The van der Waals surface area contributed by atoms with Crippen molar-refractivity contribution < 1.29 is 22.7 Å². The van der Waals surface area contributed by atoms with E-state index in [0.717, 1.165) is 44.6 Å². The SMILES string of the molecule is CC(C)(C)OC(=O)N1CCC[C@@H](N2CCN(c3nccc(C(F)(F)F)n3)CC2)CC1. The van der Waals surface area contributed by atoms with Crippen LogP contribution in [0.3, 0.4) is 0 Å². The lowest BCUT2D eigenvalue weighted by molar-refractivity contribution is -0.141. The van der Waals surface area contributed by atoms with Gasteiger partial charge in [-0.1, -0.05) is 0 Å². The number of anilines is 1. The molecule has 1 atom stereocenters. The van der Waals surface area contributed by atoms with Gasteiger partial charge in [-0.15, -0.1) is 0 Å². The van der Waals surface area contributed by atoms with Crippen LogP contribution in [0.2, 0.25) is 0 Å². The molecule has 3 heterocycles. The summed E-state index contributed by atoms with van der Waals surface area (Å²) < 4.78 is 44.2. The summed E-state index contributed by atoms with van der Waals surface area (Å²) in [5.41, 5.74) is -1.43. The van der Waals surface area contributed by atoms with Crippen LogP contribution in [0.15, 0.2) is 12.3 Å². The van der Waals surface area contributed by atoms with E-state index >= 15 is 0 Å². The number of ether oxygens (including phenoxy) is 1. The minimum absolute atomic E-state index is 0.126. The molecule has 3 rings (SSSR count). The smallest absolute Gasteiger partial charge is 0.433 e. The first kappa shape index (κ1) is 22.6. The third-order valence-corrected chi connectivity index (χ3v) is 5.40. The van der Waals surface area contributed by atoms with E-state index in [1.807, 2.05) is 20.8 Å². The van der Waals surface area contributed by atoms with Gasteiger partial charge in [-0.2, -0.15) is 13.2 Å². The number of alkyl halides is 3. The van der Waals surface area contributed by atoms with E-state index in [1.54, 1.807) is 9.80 Å². The van der Waals surface area contributed by atoms with E-state index in [9.17, 15) is 18.0 Å². The number of piperazine rings is 1. The fourth-order valence-electron chi connectivity index (χ4n) is 3.90. The molecule has 2 fully saturated rings. The maximum atomic E-state index is 12.9. The maximum absolute atomic E-state index is 12.9. The molecule has 1 amide bonds. The lowest BCUT2D eigenvalue weighted by Gasteiger charge is -2.39. The van der Waals surface area contributed by atoms with E-state index < -0.39 is 17.5 Å². The molecule has 0 aromatic carbocycles. The highest BCUT2D eigenvalue weighted by Gasteiger charge is 2.34. The summed E-state index contributed by atoms with van der Waals surface area (Å²) in [6.45, 7) is 9.53. The fourth-order valence-corrected chi connectivity index (χ4v) is 3.90. The van der Waals surface area contributed by atoms with Crippen molar-refractivity contribution in [2.24, 2.45) is 0 Å². The number of hydrogen-bond donors (Lipinski definition) is 0. The summed E-state index contributed by atoms with van der Waals surface area (Å²) in [4.78, 5) is 26.0. The van der Waals surface area contributed by atoms with Gasteiger partial charge < -0.3 is 14.5 Å². The molecule has 0 unspecified atom stereocenters. The van der Waals surface area contributed by atoms with Gasteiger partial charge in [0.15, 0.2) is 0 Å². The zero-order chi connectivity index (χ0) is 21.9. The Bertz CT molecular complexity index is 730. The second-order valence-electron chi connectivity index (χ2n) is 8.81. The first-order chi connectivity index (χ1) is 14.0. The number of rotatable bonds is 2. The topological polar surface area (TPSA) is 61.8 Å². The monoisotopic (exact) mass is 429 g/mol. The van der Waals surface area contributed by atoms with Crippen molar-refractivity contribution in [1.82, 2.24) is 19.8 Å². The summed E-state index contributed by atoms with van der Waals surface area (Å²) in [6, 6.07) is 1.24. The lowest BCUT2D eigenvalue weighted by atomic mass is 10.1. The van der Waals surface area contributed by atoms with Gasteiger partial charge in [-0.3, -0.25) is 4.90 Å². The minimum Gasteiger partial charge on any atom is -0.444 e. The molecule has 0 spiro atoms. The Hall–Kier alpha value is -2.10. The molecular weight excluding hydrogens is 399 g/mol. The van der Waals surface area contributed by atoms with Crippen molar-refractivity contribution in [2.75, 3.05) is 44.2 Å². The summed E-state index contributed by atoms with van der Waals surface area (Å²) in [5.74, 6) is 0.126. The van der Waals surface area contributed by atoms with Gasteiger partial charge in [-0.05, 0) is 46.1 Å². The standard InChI is InChI=1S/C20H30F3N5O2/c1-19(2,3)30-18(29)28-9-4-5-15(7-10-28)26-11-13-27(14-12-26)17-24-8-6-16(25-17)20(21,22)23/h6,8,15H,4-5,7,9-14H2,1-3H3/t15-/m1/s1. The molecule has 10 heteroatoms. The van der Waals surface area contributed by atoms with Crippen molar-refractivity contribution in [3.05, 3.63) is 18.0 Å². The maximum Gasteiger partial charge on any atom is 0.433 e. The van der Waals surface area contributed by atoms with Crippen LogP contribution in [0.4, 0.5) is 23.9 Å². The highest BCUT2D eigenvalue weighted by molar-refractivity contribution is 5.68. The second kappa shape index (κ2) is 8.95. The second-order valence-corrected chi connectivity index (χ2v) is 8.81. The van der Waals surface area contributed by atoms with Crippen LogP contribution in [-0.2, 0) is 10.9 Å². The Labute approximate surface area is 175 Å². The largest absolute Gasteiger partial charge is 0.444 e. The Morgan fingerprint density at radius 2 is 1.77 bits per heavy atom. The van der Waals surface area contributed by atoms with E-state index in [1.165, 1.54) is 0 Å². The summed E-state index contributed by atoms with van der Waals surface area (Å²) >= 11 is 0. The molecule has 0 radical (unpaired) electrons. The molecule has 1 aromatic rings. The Balaban J connectivity index is 1.53. The number of nitrogens with zero attached hydrogens (tertiary/aromatic N) is 5. The fraction of sp³-hybridized carbons (Fsp3) is 0.750.